The van der Waals surface area contributed by atoms with Crippen LogP contribution in [0.1, 0.15) is 52.8 Å². The standard InChI is InChI=1S/C22H28N4O3S/c1-14-6-10-30-19(14)12-25-8-4-17-16(11-25)21(27)24-20(23-17)18-3-2-7-26(18)22(28)15-5-9-29-13-15/h6,10,15,18H,2-5,7-9,11-13H2,1H3,(H,23,24,27). The number of aromatic nitrogens is 2. The molecule has 2 aromatic heterocycles. The maximum atomic E-state index is 12.9. The number of carbonyl (C=O) groups is 1. The van der Waals surface area contributed by atoms with Gasteiger partial charge < -0.3 is 14.6 Å². The molecule has 30 heavy (non-hydrogen) atoms. The molecule has 5 heterocycles. The van der Waals surface area contributed by atoms with Gasteiger partial charge >= 0.3 is 0 Å². The topological polar surface area (TPSA) is 78.5 Å². The quantitative estimate of drug-likeness (QED) is 0.809. The monoisotopic (exact) mass is 428 g/mol. The second kappa shape index (κ2) is 8.24. The van der Waals surface area contributed by atoms with Gasteiger partial charge in [0, 0.05) is 44.1 Å². The Morgan fingerprint density at radius 1 is 1.37 bits per heavy atom. The highest BCUT2D eigenvalue weighted by atomic mass is 32.1. The van der Waals surface area contributed by atoms with Crippen molar-refractivity contribution in [3.05, 3.63) is 49.3 Å². The molecular weight excluding hydrogens is 400 g/mol. The van der Waals surface area contributed by atoms with Gasteiger partial charge in [-0.05, 0) is 43.2 Å². The number of hydrogen-bond donors (Lipinski definition) is 1. The Labute approximate surface area is 180 Å². The fourth-order valence-corrected chi connectivity index (χ4v) is 5.79. The number of carbonyl (C=O) groups excluding carboxylic acids is 1. The molecular formula is C22H28N4O3S. The van der Waals surface area contributed by atoms with E-state index < -0.39 is 0 Å². The SMILES string of the molecule is Cc1ccsc1CN1CCc2nc(C3CCCN3C(=O)C3CCOC3)[nH]c(=O)c2C1. The average Bonchev–Trinajstić information content (AvgIpc) is 3.50. The highest BCUT2D eigenvalue weighted by Crippen LogP contribution is 2.33. The molecule has 160 valence electrons. The second-order valence-electron chi connectivity index (χ2n) is 8.61. The van der Waals surface area contributed by atoms with E-state index in [4.69, 9.17) is 9.72 Å². The molecule has 1 amide bonds. The Balaban J connectivity index is 1.35. The van der Waals surface area contributed by atoms with Crippen LogP contribution in [0.2, 0.25) is 0 Å². The van der Waals surface area contributed by atoms with Gasteiger partial charge in [0.2, 0.25) is 5.91 Å². The van der Waals surface area contributed by atoms with Gasteiger partial charge in [-0.3, -0.25) is 14.5 Å². The molecule has 2 unspecified atom stereocenters. The Morgan fingerprint density at radius 3 is 3.03 bits per heavy atom. The molecule has 1 N–H and O–H groups in total. The normalized spacial score (nSPS) is 24.4. The predicted octanol–water partition coefficient (Wildman–Crippen LogP) is 2.40. The van der Waals surface area contributed by atoms with E-state index in [2.05, 4.69) is 28.3 Å². The lowest BCUT2D eigenvalue weighted by Crippen LogP contribution is -2.39. The van der Waals surface area contributed by atoms with Gasteiger partial charge in [0.25, 0.3) is 5.56 Å². The number of fused-ring (bicyclic) bond motifs is 1. The van der Waals surface area contributed by atoms with E-state index in [9.17, 15) is 9.59 Å². The summed E-state index contributed by atoms with van der Waals surface area (Å²) in [6, 6.07) is 2.02. The molecule has 0 aromatic carbocycles. The van der Waals surface area contributed by atoms with E-state index in [1.807, 2.05) is 4.90 Å². The summed E-state index contributed by atoms with van der Waals surface area (Å²) in [5.41, 5.74) is 2.94. The zero-order valence-corrected chi connectivity index (χ0v) is 18.2. The molecule has 0 radical (unpaired) electrons. The summed E-state index contributed by atoms with van der Waals surface area (Å²) < 4.78 is 5.40. The van der Waals surface area contributed by atoms with Crippen LogP contribution in [0.15, 0.2) is 16.2 Å². The van der Waals surface area contributed by atoms with Crippen LogP contribution >= 0.6 is 11.3 Å². The summed E-state index contributed by atoms with van der Waals surface area (Å²) in [6.45, 7) is 6.43. The van der Waals surface area contributed by atoms with Gasteiger partial charge in [-0.15, -0.1) is 11.3 Å². The van der Waals surface area contributed by atoms with E-state index in [0.717, 1.165) is 56.6 Å². The maximum absolute atomic E-state index is 12.9. The number of thiophene rings is 1. The maximum Gasteiger partial charge on any atom is 0.255 e. The van der Waals surface area contributed by atoms with Gasteiger partial charge in [-0.2, -0.15) is 0 Å². The second-order valence-corrected chi connectivity index (χ2v) is 9.61. The van der Waals surface area contributed by atoms with Crippen LogP contribution in [0, 0.1) is 12.8 Å². The molecule has 0 spiro atoms. The van der Waals surface area contributed by atoms with Crippen LogP contribution in [0.4, 0.5) is 0 Å². The minimum Gasteiger partial charge on any atom is -0.381 e. The Hall–Kier alpha value is -2.03. The average molecular weight is 429 g/mol. The fourth-order valence-electron chi connectivity index (χ4n) is 4.84. The van der Waals surface area contributed by atoms with E-state index in [1.54, 1.807) is 11.3 Å². The molecule has 3 aliphatic rings. The van der Waals surface area contributed by atoms with Crippen LogP contribution in [-0.4, -0.2) is 52.0 Å². The van der Waals surface area contributed by atoms with Gasteiger partial charge in [0.05, 0.1) is 29.8 Å². The minimum absolute atomic E-state index is 0.0499. The number of likely N-dealkylation sites (tertiary alicyclic amines) is 1. The number of hydrogen-bond acceptors (Lipinski definition) is 6. The lowest BCUT2D eigenvalue weighted by Gasteiger charge is -2.29. The molecule has 2 saturated heterocycles. The summed E-state index contributed by atoms with van der Waals surface area (Å²) in [5, 5.41) is 2.12. The third-order valence-corrected chi connectivity index (χ3v) is 7.64. The van der Waals surface area contributed by atoms with Gasteiger partial charge in [0.1, 0.15) is 5.82 Å². The lowest BCUT2D eigenvalue weighted by atomic mass is 10.0. The highest BCUT2D eigenvalue weighted by molar-refractivity contribution is 7.10. The van der Waals surface area contributed by atoms with E-state index in [0.29, 0.717) is 25.6 Å². The van der Waals surface area contributed by atoms with Crippen LogP contribution in [-0.2, 0) is 29.0 Å². The number of nitrogens with zero attached hydrogens (tertiary/aromatic N) is 3. The smallest absolute Gasteiger partial charge is 0.255 e. The molecule has 7 nitrogen and oxygen atoms in total. The summed E-state index contributed by atoms with van der Waals surface area (Å²) in [5.74, 6) is 0.753. The largest absolute Gasteiger partial charge is 0.381 e. The lowest BCUT2D eigenvalue weighted by molar-refractivity contribution is -0.136. The number of rotatable bonds is 4. The first kappa shape index (κ1) is 19.9. The third kappa shape index (κ3) is 3.72. The zero-order chi connectivity index (χ0) is 20.7. The Morgan fingerprint density at radius 2 is 2.27 bits per heavy atom. The molecule has 2 fully saturated rings. The predicted molar refractivity (Wildman–Crippen MR) is 114 cm³/mol. The van der Waals surface area contributed by atoms with Crippen molar-refractivity contribution in [3.63, 3.8) is 0 Å². The molecule has 5 rings (SSSR count). The van der Waals surface area contributed by atoms with Crippen molar-refractivity contribution >= 4 is 17.2 Å². The third-order valence-electron chi connectivity index (χ3n) is 6.63. The van der Waals surface area contributed by atoms with Crippen molar-refractivity contribution in [2.24, 2.45) is 5.92 Å². The Bertz CT molecular complexity index is 995. The van der Waals surface area contributed by atoms with Crippen molar-refractivity contribution in [2.45, 2.75) is 51.7 Å². The van der Waals surface area contributed by atoms with E-state index in [-0.39, 0.29) is 23.4 Å². The van der Waals surface area contributed by atoms with Crippen LogP contribution in [0.3, 0.4) is 0 Å². The van der Waals surface area contributed by atoms with Gasteiger partial charge in [-0.1, -0.05) is 0 Å². The van der Waals surface area contributed by atoms with Crippen LogP contribution in [0.25, 0.3) is 0 Å². The zero-order valence-electron chi connectivity index (χ0n) is 17.4. The van der Waals surface area contributed by atoms with Crippen LogP contribution in [0.5, 0.6) is 0 Å². The first-order valence-electron chi connectivity index (χ1n) is 10.9. The van der Waals surface area contributed by atoms with E-state index >= 15 is 0 Å². The summed E-state index contributed by atoms with van der Waals surface area (Å²) in [7, 11) is 0. The van der Waals surface area contributed by atoms with Gasteiger partial charge in [0.15, 0.2) is 0 Å². The van der Waals surface area contributed by atoms with E-state index in [1.165, 1.54) is 10.4 Å². The molecule has 3 aliphatic heterocycles. The minimum atomic E-state index is -0.122. The molecule has 0 aliphatic carbocycles. The Kier molecular flexibility index (Phi) is 5.47. The fraction of sp³-hybridized carbons (Fsp3) is 0.591. The summed E-state index contributed by atoms with van der Waals surface area (Å²) >= 11 is 1.77. The molecule has 2 aromatic rings. The highest BCUT2D eigenvalue weighted by Gasteiger charge is 2.37. The number of aryl methyl sites for hydroxylation is 1. The van der Waals surface area contributed by atoms with Crippen molar-refractivity contribution in [2.75, 3.05) is 26.3 Å². The number of ether oxygens (including phenoxy) is 1. The molecule has 0 saturated carbocycles. The van der Waals surface area contributed by atoms with Crippen molar-refractivity contribution in [3.8, 4) is 0 Å². The van der Waals surface area contributed by atoms with Crippen molar-refractivity contribution < 1.29 is 9.53 Å². The van der Waals surface area contributed by atoms with Crippen molar-refractivity contribution in [1.82, 2.24) is 19.8 Å². The molecule has 0 bridgehead atoms. The van der Waals surface area contributed by atoms with Crippen LogP contribution < -0.4 is 5.56 Å². The summed E-state index contributed by atoms with van der Waals surface area (Å²) in [4.78, 5) is 39.4. The van der Waals surface area contributed by atoms with Crippen molar-refractivity contribution in [1.29, 1.82) is 0 Å². The number of H-pyrrole nitrogens is 1. The number of amides is 1. The molecule has 2 atom stereocenters. The first-order valence-corrected chi connectivity index (χ1v) is 11.7. The first-order chi connectivity index (χ1) is 14.6. The van der Waals surface area contributed by atoms with Gasteiger partial charge in [-0.25, -0.2) is 4.98 Å². The number of aromatic amines is 1. The summed E-state index contributed by atoms with van der Waals surface area (Å²) in [6.07, 6.45) is 3.35. The molecule has 8 heteroatoms. The number of nitrogens with one attached hydrogen (secondary N) is 1.